The van der Waals surface area contributed by atoms with Crippen LogP contribution in [0, 0.1) is 5.82 Å². The molecule has 1 heterocycles. The van der Waals surface area contributed by atoms with Gasteiger partial charge in [0.05, 0.1) is 5.56 Å². The molecule has 0 aromatic heterocycles. The molecule has 1 aromatic rings. The molecule has 104 valence electrons. The summed E-state index contributed by atoms with van der Waals surface area (Å²) in [5.74, 6) is -1.29. The van der Waals surface area contributed by atoms with Gasteiger partial charge in [-0.15, -0.1) is 8.58 Å². The lowest BCUT2D eigenvalue weighted by Gasteiger charge is -2.29. The van der Waals surface area contributed by atoms with E-state index in [1.807, 2.05) is 0 Å². The summed E-state index contributed by atoms with van der Waals surface area (Å²) in [5.41, 5.74) is 0.424. The van der Waals surface area contributed by atoms with Crippen molar-refractivity contribution >= 4 is 14.5 Å². The number of phenolic OH excluding ortho intramolecular Hbond substituents is 1. The summed E-state index contributed by atoms with van der Waals surface area (Å²) >= 11 is 0. The van der Waals surface area contributed by atoms with Gasteiger partial charge in [-0.25, -0.2) is 4.39 Å². The van der Waals surface area contributed by atoms with Crippen LogP contribution in [0.25, 0.3) is 0 Å². The molecule has 2 atom stereocenters. The Balaban J connectivity index is 1.90. The predicted octanol–water partition coefficient (Wildman–Crippen LogP) is 1.25. The highest BCUT2D eigenvalue weighted by Gasteiger charge is 2.19. The van der Waals surface area contributed by atoms with Gasteiger partial charge in [-0.2, -0.15) is 0 Å². The Hall–Kier alpha value is -1.19. The number of nitrogens with one attached hydrogen (secondary N) is 1. The van der Waals surface area contributed by atoms with Crippen molar-refractivity contribution in [3.8, 4) is 5.75 Å². The molecule has 1 aromatic carbocycles. The van der Waals surface area contributed by atoms with Gasteiger partial charge < -0.3 is 15.3 Å². The molecule has 6 heteroatoms. The van der Waals surface area contributed by atoms with Crippen molar-refractivity contribution in [1.82, 2.24) is 10.2 Å². The minimum atomic E-state index is -0.694. The number of rotatable bonds is 3. The van der Waals surface area contributed by atoms with Crippen LogP contribution in [0.5, 0.6) is 5.75 Å². The summed E-state index contributed by atoms with van der Waals surface area (Å²) in [6.07, 6.45) is 1.16. The highest BCUT2D eigenvalue weighted by molar-refractivity contribution is 7.39. The number of phenols is 1. The summed E-state index contributed by atoms with van der Waals surface area (Å²) < 4.78 is 13.5. The second kappa shape index (κ2) is 6.31. The fraction of sp³-hybridized carbons (Fsp3) is 0.462. The quantitative estimate of drug-likeness (QED) is 0.822. The normalized spacial score (nSPS) is 21.5. The Morgan fingerprint density at radius 1 is 1.63 bits per heavy atom. The highest BCUT2D eigenvalue weighted by atomic mass is 31.1. The topological polar surface area (TPSA) is 52.6 Å². The molecule has 0 spiro atoms. The van der Waals surface area contributed by atoms with Crippen LogP contribution in [0.15, 0.2) is 18.2 Å². The molecule has 0 aliphatic carbocycles. The van der Waals surface area contributed by atoms with E-state index in [1.165, 1.54) is 12.1 Å². The Bertz CT molecular complexity index is 470. The number of benzene rings is 1. The van der Waals surface area contributed by atoms with Gasteiger partial charge in [-0.05, 0) is 25.3 Å². The SMILES string of the molecule is CN1CCPC(CNC(=O)c2ccc(O)cc2F)C1. The maximum atomic E-state index is 13.5. The third-order valence-electron chi connectivity index (χ3n) is 3.16. The van der Waals surface area contributed by atoms with E-state index in [0.29, 0.717) is 12.2 Å². The standard InChI is InChI=1S/C13H18FN2O2P/c1-16-4-5-19-10(8-16)7-15-13(18)11-3-2-9(17)6-12(11)14/h2-3,6,10,17,19H,4-5,7-8H2,1H3,(H,15,18). The first-order valence-corrected chi connectivity index (χ1v) is 7.53. The average molecular weight is 284 g/mol. The Labute approximate surface area is 113 Å². The molecule has 4 nitrogen and oxygen atoms in total. The van der Waals surface area contributed by atoms with Gasteiger partial charge in [-0.3, -0.25) is 4.79 Å². The number of halogens is 1. The third-order valence-corrected chi connectivity index (χ3v) is 4.64. The van der Waals surface area contributed by atoms with Crippen molar-refractivity contribution in [2.75, 3.05) is 32.8 Å². The first kappa shape index (κ1) is 14.2. The van der Waals surface area contributed by atoms with E-state index in [9.17, 15) is 9.18 Å². The van der Waals surface area contributed by atoms with Gasteiger partial charge in [0.25, 0.3) is 5.91 Å². The van der Waals surface area contributed by atoms with E-state index in [1.54, 1.807) is 0 Å². The minimum absolute atomic E-state index is 0.0229. The molecule has 2 rings (SSSR count). The van der Waals surface area contributed by atoms with E-state index in [-0.39, 0.29) is 11.3 Å². The Morgan fingerprint density at radius 2 is 2.42 bits per heavy atom. The second-order valence-corrected chi connectivity index (χ2v) is 6.51. The monoisotopic (exact) mass is 284 g/mol. The zero-order valence-electron chi connectivity index (χ0n) is 10.8. The lowest BCUT2D eigenvalue weighted by atomic mass is 10.2. The summed E-state index contributed by atoms with van der Waals surface area (Å²) in [6, 6.07) is 3.56. The van der Waals surface area contributed by atoms with Crippen LogP contribution >= 0.6 is 8.58 Å². The van der Waals surface area contributed by atoms with Gasteiger partial charge >= 0.3 is 0 Å². The van der Waals surface area contributed by atoms with E-state index in [4.69, 9.17) is 5.11 Å². The molecule has 1 fully saturated rings. The molecule has 2 unspecified atom stereocenters. The molecular weight excluding hydrogens is 266 g/mol. The fourth-order valence-corrected chi connectivity index (χ4v) is 3.73. The molecule has 0 saturated carbocycles. The van der Waals surface area contributed by atoms with Crippen LogP contribution in [-0.2, 0) is 0 Å². The van der Waals surface area contributed by atoms with Crippen LogP contribution in [0.3, 0.4) is 0 Å². The lowest BCUT2D eigenvalue weighted by Crippen LogP contribution is -2.40. The summed E-state index contributed by atoms with van der Waals surface area (Å²) in [6.45, 7) is 2.65. The van der Waals surface area contributed by atoms with Gasteiger partial charge in [0.2, 0.25) is 0 Å². The number of hydrogen-bond donors (Lipinski definition) is 2. The second-order valence-electron chi connectivity index (χ2n) is 4.79. The number of amides is 1. The predicted molar refractivity (Wildman–Crippen MR) is 74.9 cm³/mol. The first-order valence-electron chi connectivity index (χ1n) is 6.25. The van der Waals surface area contributed by atoms with E-state index in [2.05, 4.69) is 17.3 Å². The zero-order chi connectivity index (χ0) is 13.8. The van der Waals surface area contributed by atoms with Crippen molar-refractivity contribution in [3.05, 3.63) is 29.6 Å². The van der Waals surface area contributed by atoms with Crippen molar-refractivity contribution in [3.63, 3.8) is 0 Å². The van der Waals surface area contributed by atoms with Crippen molar-refractivity contribution in [1.29, 1.82) is 0 Å². The Morgan fingerprint density at radius 3 is 3.11 bits per heavy atom. The molecule has 2 N–H and O–H groups in total. The van der Waals surface area contributed by atoms with Crippen molar-refractivity contribution in [2.24, 2.45) is 0 Å². The zero-order valence-corrected chi connectivity index (χ0v) is 11.8. The number of carbonyl (C=O) groups is 1. The molecule has 1 aliphatic heterocycles. The Kier molecular flexibility index (Phi) is 4.72. The largest absolute Gasteiger partial charge is 0.508 e. The number of nitrogens with zero attached hydrogens (tertiary/aromatic N) is 1. The lowest BCUT2D eigenvalue weighted by molar-refractivity contribution is 0.0948. The number of aromatic hydroxyl groups is 1. The first-order chi connectivity index (χ1) is 9.06. The number of carbonyl (C=O) groups excluding carboxylic acids is 1. The van der Waals surface area contributed by atoms with Gasteiger partial charge in [0, 0.05) is 31.4 Å². The summed E-state index contributed by atoms with van der Waals surface area (Å²) in [4.78, 5) is 14.1. The molecule has 0 radical (unpaired) electrons. The average Bonchev–Trinajstić information content (AvgIpc) is 2.36. The third kappa shape index (κ3) is 3.88. The maximum absolute atomic E-state index is 13.5. The van der Waals surface area contributed by atoms with Crippen molar-refractivity contribution < 1.29 is 14.3 Å². The molecule has 1 amide bonds. The molecular formula is C13H18FN2O2P. The smallest absolute Gasteiger partial charge is 0.254 e. The maximum Gasteiger partial charge on any atom is 0.254 e. The fourth-order valence-electron chi connectivity index (χ4n) is 2.13. The molecule has 0 bridgehead atoms. The van der Waals surface area contributed by atoms with Crippen LogP contribution < -0.4 is 5.32 Å². The summed E-state index contributed by atoms with van der Waals surface area (Å²) in [7, 11) is 2.91. The molecule has 1 saturated heterocycles. The van der Waals surface area contributed by atoms with Crippen LogP contribution in [0.4, 0.5) is 4.39 Å². The van der Waals surface area contributed by atoms with E-state index in [0.717, 1.165) is 33.9 Å². The van der Waals surface area contributed by atoms with Gasteiger partial charge in [-0.1, -0.05) is 0 Å². The number of hydrogen-bond acceptors (Lipinski definition) is 3. The van der Waals surface area contributed by atoms with E-state index >= 15 is 0 Å². The van der Waals surface area contributed by atoms with Crippen molar-refractivity contribution in [2.45, 2.75) is 5.66 Å². The molecule has 19 heavy (non-hydrogen) atoms. The van der Waals surface area contributed by atoms with Crippen LogP contribution in [0.1, 0.15) is 10.4 Å². The van der Waals surface area contributed by atoms with E-state index < -0.39 is 11.7 Å². The van der Waals surface area contributed by atoms with Gasteiger partial charge in [0.15, 0.2) is 0 Å². The highest BCUT2D eigenvalue weighted by Crippen LogP contribution is 2.23. The van der Waals surface area contributed by atoms with Gasteiger partial charge in [0.1, 0.15) is 11.6 Å². The van der Waals surface area contributed by atoms with Crippen LogP contribution in [0.2, 0.25) is 0 Å². The molecule has 1 aliphatic rings. The minimum Gasteiger partial charge on any atom is -0.508 e. The van der Waals surface area contributed by atoms with Crippen LogP contribution in [-0.4, -0.2) is 54.4 Å². The summed E-state index contributed by atoms with van der Waals surface area (Å²) in [5, 5.41) is 11.9.